The summed E-state index contributed by atoms with van der Waals surface area (Å²) in [5, 5.41) is 3.63. The lowest BCUT2D eigenvalue weighted by molar-refractivity contribution is -0.122. The van der Waals surface area contributed by atoms with Crippen molar-refractivity contribution < 1.29 is 9.59 Å². The van der Waals surface area contributed by atoms with Crippen LogP contribution in [0.3, 0.4) is 0 Å². The van der Waals surface area contributed by atoms with Crippen LogP contribution in [-0.2, 0) is 17.9 Å². The number of carbonyl (C=O) groups is 2. The molecule has 3 rings (SSSR count). The fourth-order valence-electron chi connectivity index (χ4n) is 3.34. The van der Waals surface area contributed by atoms with Crippen molar-refractivity contribution in [3.8, 4) is 0 Å². The minimum Gasteiger partial charge on any atom is -0.351 e. The summed E-state index contributed by atoms with van der Waals surface area (Å²) in [6, 6.07) is 15.1. The van der Waals surface area contributed by atoms with Gasteiger partial charge in [0, 0.05) is 36.8 Å². The van der Waals surface area contributed by atoms with Crippen molar-refractivity contribution in [1.29, 1.82) is 0 Å². The summed E-state index contributed by atoms with van der Waals surface area (Å²) in [6.07, 6.45) is 2.17. The highest BCUT2D eigenvalue weighted by Gasteiger charge is 2.19. The van der Waals surface area contributed by atoms with Crippen molar-refractivity contribution in [3.63, 3.8) is 0 Å². The van der Waals surface area contributed by atoms with E-state index < -0.39 is 0 Å². The summed E-state index contributed by atoms with van der Waals surface area (Å²) < 4.78 is 0. The first kappa shape index (κ1) is 20.4. The van der Waals surface area contributed by atoms with Gasteiger partial charge in [-0.2, -0.15) is 0 Å². The normalized spacial score (nSPS) is 13.8. The minimum absolute atomic E-state index is 0.0493. The van der Waals surface area contributed by atoms with Gasteiger partial charge in [-0.05, 0) is 49.2 Å². The Kier molecular flexibility index (Phi) is 7.06. The third-order valence-corrected chi connectivity index (χ3v) is 5.26. The maximum Gasteiger partial charge on any atom is 0.253 e. The molecule has 0 aromatic heterocycles. The number of amides is 2. The summed E-state index contributed by atoms with van der Waals surface area (Å²) in [4.78, 5) is 28.4. The topological polar surface area (TPSA) is 52.7 Å². The molecular formula is C22H26ClN3O2. The number of halogens is 1. The Bertz CT molecular complexity index is 817. The molecule has 0 bridgehead atoms. The molecular weight excluding hydrogens is 374 g/mol. The third-order valence-electron chi connectivity index (χ3n) is 4.90. The zero-order chi connectivity index (χ0) is 19.9. The number of likely N-dealkylation sites (N-methyl/N-ethyl adjacent to an activating group) is 1. The Morgan fingerprint density at radius 1 is 1.07 bits per heavy atom. The van der Waals surface area contributed by atoms with Crippen LogP contribution in [0.15, 0.2) is 48.5 Å². The SMILES string of the molecule is CN(CC(=O)NCc1ccc(C(=O)N2CCCC2)cc1)Cc1ccccc1Cl. The van der Waals surface area contributed by atoms with Gasteiger partial charge in [0.1, 0.15) is 0 Å². The molecule has 0 aliphatic carbocycles. The molecule has 1 fully saturated rings. The lowest BCUT2D eigenvalue weighted by Gasteiger charge is -2.17. The average Bonchev–Trinajstić information content (AvgIpc) is 3.23. The van der Waals surface area contributed by atoms with Crippen LogP contribution in [0.25, 0.3) is 0 Å². The number of hydrogen-bond acceptors (Lipinski definition) is 3. The molecule has 2 aromatic rings. The van der Waals surface area contributed by atoms with Gasteiger partial charge in [-0.1, -0.05) is 41.9 Å². The smallest absolute Gasteiger partial charge is 0.253 e. The van der Waals surface area contributed by atoms with Gasteiger partial charge in [-0.15, -0.1) is 0 Å². The summed E-state index contributed by atoms with van der Waals surface area (Å²) >= 11 is 6.17. The molecule has 1 heterocycles. The molecule has 1 N–H and O–H groups in total. The monoisotopic (exact) mass is 399 g/mol. The van der Waals surface area contributed by atoms with E-state index in [-0.39, 0.29) is 18.4 Å². The van der Waals surface area contributed by atoms with Gasteiger partial charge < -0.3 is 10.2 Å². The Labute approximate surface area is 171 Å². The minimum atomic E-state index is -0.0493. The number of carbonyl (C=O) groups excluding carboxylic acids is 2. The number of rotatable bonds is 7. The van der Waals surface area contributed by atoms with Crippen molar-refractivity contribution in [1.82, 2.24) is 15.1 Å². The van der Waals surface area contributed by atoms with Crippen LogP contribution in [0, 0.1) is 0 Å². The van der Waals surface area contributed by atoms with E-state index >= 15 is 0 Å². The van der Waals surface area contributed by atoms with E-state index in [2.05, 4.69) is 5.32 Å². The van der Waals surface area contributed by atoms with Crippen molar-refractivity contribution in [2.45, 2.75) is 25.9 Å². The van der Waals surface area contributed by atoms with Crippen LogP contribution in [0.1, 0.15) is 34.3 Å². The van der Waals surface area contributed by atoms with Crippen LogP contribution < -0.4 is 5.32 Å². The van der Waals surface area contributed by atoms with Crippen LogP contribution in [0.4, 0.5) is 0 Å². The second-order valence-electron chi connectivity index (χ2n) is 7.24. The first-order chi connectivity index (χ1) is 13.5. The second-order valence-corrected chi connectivity index (χ2v) is 7.64. The Balaban J connectivity index is 1.45. The van der Waals surface area contributed by atoms with E-state index in [0.717, 1.165) is 37.1 Å². The molecule has 6 heteroatoms. The molecule has 0 unspecified atom stereocenters. The van der Waals surface area contributed by atoms with Crippen LogP contribution in [-0.4, -0.2) is 48.3 Å². The van der Waals surface area contributed by atoms with Crippen LogP contribution >= 0.6 is 11.6 Å². The van der Waals surface area contributed by atoms with Gasteiger partial charge in [-0.3, -0.25) is 14.5 Å². The van der Waals surface area contributed by atoms with Crippen molar-refractivity contribution in [3.05, 3.63) is 70.2 Å². The lowest BCUT2D eigenvalue weighted by atomic mass is 10.1. The van der Waals surface area contributed by atoms with Crippen LogP contribution in [0.2, 0.25) is 5.02 Å². The number of likely N-dealkylation sites (tertiary alicyclic amines) is 1. The summed E-state index contributed by atoms with van der Waals surface area (Å²) in [5.74, 6) is 0.0426. The van der Waals surface area contributed by atoms with E-state index in [9.17, 15) is 9.59 Å². The molecule has 1 aliphatic rings. The molecule has 1 aliphatic heterocycles. The number of nitrogens with zero attached hydrogens (tertiary/aromatic N) is 2. The highest BCUT2D eigenvalue weighted by molar-refractivity contribution is 6.31. The van der Waals surface area contributed by atoms with Crippen LogP contribution in [0.5, 0.6) is 0 Å². The first-order valence-electron chi connectivity index (χ1n) is 9.60. The molecule has 0 saturated carbocycles. The molecule has 2 amide bonds. The van der Waals surface area contributed by atoms with E-state index in [1.807, 2.05) is 65.4 Å². The van der Waals surface area contributed by atoms with E-state index in [1.165, 1.54) is 0 Å². The quantitative estimate of drug-likeness (QED) is 0.777. The highest BCUT2D eigenvalue weighted by Crippen LogP contribution is 2.16. The second kappa shape index (κ2) is 9.71. The third kappa shape index (κ3) is 5.57. The van der Waals surface area contributed by atoms with Gasteiger partial charge in [0.05, 0.1) is 6.54 Å². The molecule has 148 valence electrons. The molecule has 5 nitrogen and oxygen atoms in total. The average molecular weight is 400 g/mol. The predicted octanol–water partition coefficient (Wildman–Crippen LogP) is 3.32. The summed E-state index contributed by atoms with van der Waals surface area (Å²) in [5.41, 5.74) is 2.68. The Morgan fingerprint density at radius 3 is 2.43 bits per heavy atom. The maximum atomic E-state index is 12.4. The molecule has 0 spiro atoms. The maximum absolute atomic E-state index is 12.4. The molecule has 28 heavy (non-hydrogen) atoms. The molecule has 2 aromatic carbocycles. The number of nitrogens with one attached hydrogen (secondary N) is 1. The van der Waals surface area contributed by atoms with Gasteiger partial charge in [-0.25, -0.2) is 0 Å². The van der Waals surface area contributed by atoms with Crippen molar-refractivity contribution in [2.75, 3.05) is 26.7 Å². The number of hydrogen-bond donors (Lipinski definition) is 1. The molecule has 0 atom stereocenters. The summed E-state index contributed by atoms with van der Waals surface area (Å²) in [7, 11) is 1.89. The van der Waals surface area contributed by atoms with Gasteiger partial charge in [0.25, 0.3) is 5.91 Å². The largest absolute Gasteiger partial charge is 0.351 e. The van der Waals surface area contributed by atoms with E-state index in [4.69, 9.17) is 11.6 Å². The molecule has 1 saturated heterocycles. The van der Waals surface area contributed by atoms with Crippen molar-refractivity contribution >= 4 is 23.4 Å². The van der Waals surface area contributed by atoms with Gasteiger partial charge in [0.15, 0.2) is 0 Å². The van der Waals surface area contributed by atoms with E-state index in [1.54, 1.807) is 0 Å². The zero-order valence-corrected chi connectivity index (χ0v) is 16.9. The van der Waals surface area contributed by atoms with Gasteiger partial charge >= 0.3 is 0 Å². The van der Waals surface area contributed by atoms with E-state index in [0.29, 0.717) is 23.7 Å². The number of benzene rings is 2. The predicted molar refractivity (Wildman–Crippen MR) is 111 cm³/mol. The zero-order valence-electron chi connectivity index (χ0n) is 16.2. The first-order valence-corrected chi connectivity index (χ1v) is 9.97. The fraction of sp³-hybridized carbons (Fsp3) is 0.364. The van der Waals surface area contributed by atoms with Gasteiger partial charge in [0.2, 0.25) is 5.91 Å². The standard InChI is InChI=1S/C22H26ClN3O2/c1-25(15-19-6-2-3-7-20(19)23)16-21(27)24-14-17-8-10-18(11-9-17)22(28)26-12-4-5-13-26/h2-3,6-11H,4-5,12-16H2,1H3,(H,24,27). The Morgan fingerprint density at radius 2 is 1.75 bits per heavy atom. The fourth-order valence-corrected chi connectivity index (χ4v) is 3.54. The molecule has 0 radical (unpaired) electrons. The lowest BCUT2D eigenvalue weighted by Crippen LogP contribution is -2.34. The Hall–Kier alpha value is -2.37. The van der Waals surface area contributed by atoms with Crippen molar-refractivity contribution in [2.24, 2.45) is 0 Å². The summed E-state index contributed by atoms with van der Waals surface area (Å²) in [6.45, 7) is 3.03. The highest BCUT2D eigenvalue weighted by atomic mass is 35.5.